The van der Waals surface area contributed by atoms with Gasteiger partial charge in [0.15, 0.2) is 0 Å². The molecule has 4 heteroatoms. The van der Waals surface area contributed by atoms with Gasteiger partial charge in [-0.05, 0) is 33.0 Å². The highest BCUT2D eigenvalue weighted by Crippen LogP contribution is 2.27. The Kier molecular flexibility index (Phi) is 8.35. The maximum atomic E-state index is 5.54. The molecule has 0 aliphatic heterocycles. The van der Waals surface area contributed by atoms with Gasteiger partial charge in [0.1, 0.15) is 5.75 Å². The molecule has 0 aromatic heterocycles. The molecule has 1 N–H and O–H groups in total. The number of benzene rings is 1. The van der Waals surface area contributed by atoms with Crippen LogP contribution in [-0.2, 0) is 4.74 Å². The maximum absolute atomic E-state index is 5.54. The molecule has 1 aromatic rings. The minimum atomic E-state index is 0.265. The van der Waals surface area contributed by atoms with Crippen LogP contribution in [0.4, 0.5) is 0 Å². The molecular weight excluding hydrogens is 264 g/mol. The molecule has 0 saturated carbocycles. The van der Waals surface area contributed by atoms with E-state index in [4.69, 9.17) is 9.47 Å². The third kappa shape index (κ3) is 6.04. The van der Waals surface area contributed by atoms with Crippen molar-refractivity contribution in [2.45, 2.75) is 26.3 Å². The summed E-state index contributed by atoms with van der Waals surface area (Å²) in [6, 6.07) is 6.63. The molecule has 0 amide bonds. The van der Waals surface area contributed by atoms with Gasteiger partial charge in [-0.2, -0.15) is 0 Å². The van der Waals surface area contributed by atoms with Crippen molar-refractivity contribution in [2.24, 2.45) is 0 Å². The Balaban J connectivity index is 2.87. The molecule has 0 bridgehead atoms. The summed E-state index contributed by atoms with van der Waals surface area (Å²) in [5.74, 6) is 0.953. The monoisotopic (exact) mass is 294 g/mol. The van der Waals surface area contributed by atoms with Crippen LogP contribution in [-0.4, -0.2) is 52.4 Å². The maximum Gasteiger partial charge on any atom is 0.123 e. The highest BCUT2D eigenvalue weighted by molar-refractivity contribution is 5.39. The van der Waals surface area contributed by atoms with Crippen LogP contribution in [0.2, 0.25) is 0 Å². The molecule has 0 heterocycles. The van der Waals surface area contributed by atoms with Crippen molar-refractivity contribution in [3.8, 4) is 5.75 Å². The fourth-order valence-corrected chi connectivity index (χ4v) is 2.37. The Morgan fingerprint density at radius 2 is 2.05 bits per heavy atom. The zero-order valence-electron chi connectivity index (χ0n) is 14.1. The molecule has 0 fully saturated rings. The van der Waals surface area contributed by atoms with Crippen molar-refractivity contribution in [2.75, 3.05) is 47.5 Å². The molecule has 0 aliphatic carbocycles. The lowest BCUT2D eigenvalue weighted by Gasteiger charge is -2.26. The van der Waals surface area contributed by atoms with Gasteiger partial charge < -0.3 is 19.7 Å². The summed E-state index contributed by atoms with van der Waals surface area (Å²) in [6.07, 6.45) is 1.12. The van der Waals surface area contributed by atoms with Crippen molar-refractivity contribution < 1.29 is 9.47 Å². The van der Waals surface area contributed by atoms with E-state index in [0.29, 0.717) is 0 Å². The first kappa shape index (κ1) is 18.0. The van der Waals surface area contributed by atoms with Gasteiger partial charge in [-0.1, -0.05) is 24.6 Å². The van der Waals surface area contributed by atoms with E-state index in [1.54, 1.807) is 14.2 Å². The number of nitrogens with zero attached hydrogens (tertiary/aromatic N) is 1. The highest BCUT2D eigenvalue weighted by atomic mass is 16.5. The SMILES string of the molecule is CCCNC(CN(C)CCOC)c1cc(C)ccc1OC. The predicted octanol–water partition coefficient (Wildman–Crippen LogP) is 2.62. The average molecular weight is 294 g/mol. The van der Waals surface area contributed by atoms with Gasteiger partial charge in [0, 0.05) is 31.8 Å². The third-order valence-corrected chi connectivity index (χ3v) is 3.57. The second-order valence-electron chi connectivity index (χ2n) is 5.51. The summed E-state index contributed by atoms with van der Waals surface area (Å²) >= 11 is 0. The molecule has 1 aromatic carbocycles. The molecule has 21 heavy (non-hydrogen) atoms. The van der Waals surface area contributed by atoms with E-state index in [1.807, 2.05) is 0 Å². The zero-order chi connectivity index (χ0) is 15.7. The predicted molar refractivity (Wildman–Crippen MR) is 88.1 cm³/mol. The van der Waals surface area contributed by atoms with E-state index in [9.17, 15) is 0 Å². The smallest absolute Gasteiger partial charge is 0.123 e. The minimum absolute atomic E-state index is 0.265. The zero-order valence-corrected chi connectivity index (χ0v) is 14.1. The van der Waals surface area contributed by atoms with Gasteiger partial charge in [-0.25, -0.2) is 0 Å². The van der Waals surface area contributed by atoms with Crippen molar-refractivity contribution in [1.29, 1.82) is 0 Å². The second kappa shape index (κ2) is 9.77. The summed E-state index contributed by atoms with van der Waals surface area (Å²) < 4.78 is 10.7. The first-order chi connectivity index (χ1) is 10.1. The number of hydrogen-bond donors (Lipinski definition) is 1. The Bertz CT molecular complexity index is 410. The largest absolute Gasteiger partial charge is 0.496 e. The molecule has 0 aliphatic rings. The normalized spacial score (nSPS) is 12.7. The second-order valence-corrected chi connectivity index (χ2v) is 5.51. The van der Waals surface area contributed by atoms with Gasteiger partial charge in [0.05, 0.1) is 13.7 Å². The quantitative estimate of drug-likeness (QED) is 0.719. The van der Waals surface area contributed by atoms with Crippen LogP contribution in [0.1, 0.15) is 30.5 Å². The van der Waals surface area contributed by atoms with Crippen LogP contribution in [0.25, 0.3) is 0 Å². The van der Waals surface area contributed by atoms with E-state index in [-0.39, 0.29) is 6.04 Å². The molecule has 1 unspecified atom stereocenters. The number of aryl methyl sites for hydroxylation is 1. The van der Waals surface area contributed by atoms with Crippen LogP contribution in [0.5, 0.6) is 5.75 Å². The van der Waals surface area contributed by atoms with Crippen molar-refractivity contribution >= 4 is 0 Å². The molecule has 0 spiro atoms. The van der Waals surface area contributed by atoms with Crippen LogP contribution >= 0.6 is 0 Å². The first-order valence-electron chi connectivity index (χ1n) is 7.67. The Morgan fingerprint density at radius 1 is 1.29 bits per heavy atom. The summed E-state index contributed by atoms with van der Waals surface area (Å²) in [4.78, 5) is 2.29. The third-order valence-electron chi connectivity index (χ3n) is 3.57. The number of nitrogens with one attached hydrogen (secondary N) is 1. The van der Waals surface area contributed by atoms with Crippen LogP contribution in [0.3, 0.4) is 0 Å². The summed E-state index contributed by atoms with van der Waals surface area (Å²) in [6.45, 7) is 7.92. The number of hydrogen-bond acceptors (Lipinski definition) is 4. The summed E-state index contributed by atoms with van der Waals surface area (Å²) in [5, 5.41) is 3.63. The molecule has 120 valence electrons. The lowest BCUT2D eigenvalue weighted by Crippen LogP contribution is -2.35. The van der Waals surface area contributed by atoms with E-state index in [0.717, 1.165) is 38.4 Å². The van der Waals surface area contributed by atoms with Crippen molar-refractivity contribution in [3.63, 3.8) is 0 Å². The van der Waals surface area contributed by atoms with E-state index in [1.165, 1.54) is 11.1 Å². The average Bonchev–Trinajstić information content (AvgIpc) is 2.49. The number of likely N-dealkylation sites (N-methyl/N-ethyl adjacent to an activating group) is 1. The number of rotatable bonds is 10. The molecular formula is C17H30N2O2. The molecule has 4 nitrogen and oxygen atoms in total. The van der Waals surface area contributed by atoms with Gasteiger partial charge in [-0.3, -0.25) is 0 Å². The van der Waals surface area contributed by atoms with Gasteiger partial charge in [0.2, 0.25) is 0 Å². The summed E-state index contributed by atoms with van der Waals surface area (Å²) in [7, 11) is 5.60. The molecule has 1 atom stereocenters. The highest BCUT2D eigenvalue weighted by Gasteiger charge is 2.17. The van der Waals surface area contributed by atoms with Crippen LogP contribution < -0.4 is 10.1 Å². The first-order valence-corrected chi connectivity index (χ1v) is 7.67. The van der Waals surface area contributed by atoms with Crippen LogP contribution in [0, 0.1) is 6.92 Å². The Labute approximate surface area is 129 Å². The van der Waals surface area contributed by atoms with Crippen molar-refractivity contribution in [3.05, 3.63) is 29.3 Å². The van der Waals surface area contributed by atoms with Gasteiger partial charge in [-0.15, -0.1) is 0 Å². The molecule has 0 radical (unpaired) electrons. The molecule has 1 rings (SSSR count). The van der Waals surface area contributed by atoms with E-state index < -0.39 is 0 Å². The van der Waals surface area contributed by atoms with Gasteiger partial charge in [0.25, 0.3) is 0 Å². The Hall–Kier alpha value is -1.10. The fourth-order valence-electron chi connectivity index (χ4n) is 2.37. The topological polar surface area (TPSA) is 33.7 Å². The van der Waals surface area contributed by atoms with Crippen LogP contribution in [0.15, 0.2) is 18.2 Å². The molecule has 0 saturated heterocycles. The standard InChI is InChI=1S/C17H30N2O2/c1-6-9-18-16(13-19(3)10-11-20-4)15-12-14(2)7-8-17(15)21-5/h7-8,12,16,18H,6,9-11,13H2,1-5H3. The minimum Gasteiger partial charge on any atom is -0.496 e. The number of methoxy groups -OCH3 is 2. The van der Waals surface area contributed by atoms with E-state index >= 15 is 0 Å². The fraction of sp³-hybridized carbons (Fsp3) is 0.647. The lowest BCUT2D eigenvalue weighted by molar-refractivity contribution is 0.155. The van der Waals surface area contributed by atoms with Gasteiger partial charge >= 0.3 is 0 Å². The van der Waals surface area contributed by atoms with E-state index in [2.05, 4.69) is 49.3 Å². The number of ether oxygens (including phenoxy) is 2. The summed E-state index contributed by atoms with van der Waals surface area (Å²) in [5.41, 5.74) is 2.49. The van der Waals surface area contributed by atoms with Crippen molar-refractivity contribution in [1.82, 2.24) is 10.2 Å². The lowest BCUT2D eigenvalue weighted by atomic mass is 10.0. The Morgan fingerprint density at radius 3 is 2.67 bits per heavy atom.